The summed E-state index contributed by atoms with van der Waals surface area (Å²) in [4.78, 5) is 17.8. The lowest BCUT2D eigenvalue weighted by molar-refractivity contribution is -0.121. The number of aliphatic imine (C=N–C) groups is 1. The molecule has 3 atom stereocenters. The van der Waals surface area contributed by atoms with E-state index >= 15 is 0 Å². The third kappa shape index (κ3) is 2.56. The number of hydrogen-bond donors (Lipinski definition) is 0. The largest absolute Gasteiger partial charge is 0.349 e. The number of amides is 1. The van der Waals surface area contributed by atoms with E-state index in [4.69, 9.17) is 0 Å². The van der Waals surface area contributed by atoms with Crippen molar-refractivity contribution in [3.8, 4) is 0 Å². The Morgan fingerprint density at radius 1 is 1.56 bits per heavy atom. The van der Waals surface area contributed by atoms with Crippen molar-refractivity contribution in [3.63, 3.8) is 0 Å². The zero-order valence-electron chi connectivity index (χ0n) is 10.8. The van der Waals surface area contributed by atoms with Gasteiger partial charge in [-0.25, -0.2) is 8.42 Å². The molecule has 0 saturated carbocycles. The minimum atomic E-state index is -2.91. The molecular formula is C11H18N2O3S2. The maximum absolute atomic E-state index is 11.8. The molecule has 0 aromatic rings. The molecule has 0 radical (unpaired) electrons. The Hall–Kier alpha value is -0.560. The molecule has 1 amide bonds. The molecule has 2 rings (SSSR count). The molecule has 18 heavy (non-hydrogen) atoms. The highest BCUT2D eigenvalue weighted by Gasteiger charge is 2.47. The fourth-order valence-corrected chi connectivity index (χ4v) is 6.12. The van der Waals surface area contributed by atoms with E-state index in [1.165, 1.54) is 11.8 Å². The summed E-state index contributed by atoms with van der Waals surface area (Å²) in [5.41, 5.74) is 0. The number of thioether (sulfide) groups is 1. The first-order valence-electron chi connectivity index (χ1n) is 6.06. The summed E-state index contributed by atoms with van der Waals surface area (Å²) in [6.07, 6.45) is 0.769. The molecule has 0 aliphatic carbocycles. The molecule has 2 heterocycles. The van der Waals surface area contributed by atoms with Gasteiger partial charge in [0.15, 0.2) is 15.0 Å². The quantitative estimate of drug-likeness (QED) is 0.751. The van der Waals surface area contributed by atoms with E-state index in [9.17, 15) is 13.2 Å². The number of sulfone groups is 1. The van der Waals surface area contributed by atoms with Crippen molar-refractivity contribution in [3.05, 3.63) is 0 Å². The molecule has 5 nitrogen and oxygen atoms in total. The van der Waals surface area contributed by atoms with Crippen LogP contribution in [-0.2, 0) is 14.6 Å². The van der Waals surface area contributed by atoms with E-state index in [1.807, 2.05) is 25.8 Å². The lowest BCUT2D eigenvalue weighted by Gasteiger charge is -2.18. The van der Waals surface area contributed by atoms with Gasteiger partial charge in [-0.1, -0.05) is 25.6 Å². The molecule has 0 bridgehead atoms. The van der Waals surface area contributed by atoms with Gasteiger partial charge in [0.05, 0.1) is 17.5 Å². The number of hydrogen-bond acceptors (Lipinski definition) is 4. The second kappa shape index (κ2) is 4.85. The van der Waals surface area contributed by atoms with Gasteiger partial charge in [-0.3, -0.25) is 4.79 Å². The SMILES string of the molecule is CC[C@H](C)C(=O)N=C1S[C@H]2CS(=O)(=O)C[C@@H]2N1C. The van der Waals surface area contributed by atoms with Crippen LogP contribution in [0.25, 0.3) is 0 Å². The Morgan fingerprint density at radius 2 is 2.22 bits per heavy atom. The average Bonchev–Trinajstić information content (AvgIpc) is 2.73. The Morgan fingerprint density at radius 3 is 2.78 bits per heavy atom. The summed E-state index contributed by atoms with van der Waals surface area (Å²) >= 11 is 1.42. The van der Waals surface area contributed by atoms with Crippen molar-refractivity contribution < 1.29 is 13.2 Å². The average molecular weight is 290 g/mol. The first kappa shape index (κ1) is 13.9. The minimum absolute atomic E-state index is 0.0246. The molecule has 2 fully saturated rings. The number of fused-ring (bicyclic) bond motifs is 1. The Balaban J connectivity index is 2.12. The van der Waals surface area contributed by atoms with Crippen molar-refractivity contribution in [1.82, 2.24) is 4.90 Å². The van der Waals surface area contributed by atoms with Gasteiger partial charge in [-0.15, -0.1) is 0 Å². The van der Waals surface area contributed by atoms with Gasteiger partial charge in [-0.2, -0.15) is 4.99 Å². The van der Waals surface area contributed by atoms with Gasteiger partial charge in [0, 0.05) is 18.2 Å². The molecule has 7 heteroatoms. The second-order valence-electron chi connectivity index (χ2n) is 4.95. The third-order valence-electron chi connectivity index (χ3n) is 3.57. The van der Waals surface area contributed by atoms with Crippen LogP contribution in [0.15, 0.2) is 4.99 Å². The van der Waals surface area contributed by atoms with Gasteiger partial charge in [0.1, 0.15) is 0 Å². The van der Waals surface area contributed by atoms with Gasteiger partial charge >= 0.3 is 0 Å². The number of amidine groups is 1. The van der Waals surface area contributed by atoms with Crippen molar-refractivity contribution in [2.75, 3.05) is 18.6 Å². The smallest absolute Gasteiger partial charge is 0.250 e. The van der Waals surface area contributed by atoms with E-state index in [1.54, 1.807) is 0 Å². The highest BCUT2D eigenvalue weighted by atomic mass is 32.2. The molecule has 0 spiro atoms. The van der Waals surface area contributed by atoms with E-state index in [0.717, 1.165) is 6.42 Å². The van der Waals surface area contributed by atoms with Gasteiger partial charge in [0.2, 0.25) is 0 Å². The molecule has 0 aromatic carbocycles. The number of nitrogens with zero attached hydrogens (tertiary/aromatic N) is 2. The van der Waals surface area contributed by atoms with Crippen LogP contribution in [-0.4, -0.2) is 54.2 Å². The predicted octanol–water partition coefficient (Wildman–Crippen LogP) is 0.759. The number of carbonyl (C=O) groups excluding carboxylic acids is 1. The highest BCUT2D eigenvalue weighted by molar-refractivity contribution is 8.15. The van der Waals surface area contributed by atoms with Crippen LogP contribution >= 0.6 is 11.8 Å². The maximum Gasteiger partial charge on any atom is 0.250 e. The second-order valence-corrected chi connectivity index (χ2v) is 8.31. The monoisotopic (exact) mass is 290 g/mol. The highest BCUT2D eigenvalue weighted by Crippen LogP contribution is 2.37. The summed E-state index contributed by atoms with van der Waals surface area (Å²) in [5, 5.41) is 0.702. The molecule has 2 saturated heterocycles. The van der Waals surface area contributed by atoms with Crippen molar-refractivity contribution in [2.45, 2.75) is 31.6 Å². The maximum atomic E-state index is 11.8. The molecule has 0 unspecified atom stereocenters. The van der Waals surface area contributed by atoms with Crippen LogP contribution in [0.1, 0.15) is 20.3 Å². The summed E-state index contributed by atoms with van der Waals surface area (Å²) in [6.45, 7) is 3.81. The van der Waals surface area contributed by atoms with E-state index in [2.05, 4.69) is 4.99 Å². The zero-order valence-corrected chi connectivity index (χ0v) is 12.4. The molecule has 0 N–H and O–H groups in total. The molecular weight excluding hydrogens is 272 g/mol. The van der Waals surface area contributed by atoms with Crippen molar-refractivity contribution in [1.29, 1.82) is 0 Å². The van der Waals surface area contributed by atoms with Crippen molar-refractivity contribution >= 4 is 32.7 Å². The van der Waals surface area contributed by atoms with Crippen molar-refractivity contribution in [2.24, 2.45) is 10.9 Å². The molecule has 2 aliphatic heterocycles. The van der Waals surface area contributed by atoms with Gasteiger partial charge < -0.3 is 4.90 Å². The van der Waals surface area contributed by atoms with Crippen LogP contribution < -0.4 is 0 Å². The van der Waals surface area contributed by atoms with Crippen LogP contribution in [0.5, 0.6) is 0 Å². The van der Waals surface area contributed by atoms with Gasteiger partial charge in [0.25, 0.3) is 5.91 Å². The Kier molecular flexibility index (Phi) is 3.73. The minimum Gasteiger partial charge on any atom is -0.349 e. The number of carbonyl (C=O) groups is 1. The first-order valence-corrected chi connectivity index (χ1v) is 8.76. The van der Waals surface area contributed by atoms with Crippen LogP contribution in [0.2, 0.25) is 0 Å². The third-order valence-corrected chi connectivity index (χ3v) is 6.87. The zero-order chi connectivity index (χ0) is 13.5. The molecule has 0 aromatic heterocycles. The summed E-state index contributed by atoms with van der Waals surface area (Å²) in [7, 11) is -1.09. The van der Waals surface area contributed by atoms with Gasteiger partial charge in [-0.05, 0) is 6.42 Å². The van der Waals surface area contributed by atoms with E-state index in [-0.39, 0.29) is 34.6 Å². The number of rotatable bonds is 2. The Bertz CT molecular complexity index is 487. The van der Waals surface area contributed by atoms with Crippen LogP contribution in [0, 0.1) is 5.92 Å². The fourth-order valence-electron chi connectivity index (χ4n) is 2.12. The fraction of sp³-hybridized carbons (Fsp3) is 0.818. The summed E-state index contributed by atoms with van der Waals surface area (Å²) in [6, 6.07) is -0.0246. The molecule has 2 aliphatic rings. The topological polar surface area (TPSA) is 66.8 Å². The van der Waals surface area contributed by atoms with E-state index < -0.39 is 9.84 Å². The van der Waals surface area contributed by atoms with E-state index in [0.29, 0.717) is 5.17 Å². The van der Waals surface area contributed by atoms with Crippen LogP contribution in [0.3, 0.4) is 0 Å². The first-order chi connectivity index (χ1) is 8.34. The summed E-state index contributed by atoms with van der Waals surface area (Å²) in [5.74, 6) is 0.186. The Labute approximate surface area is 112 Å². The lowest BCUT2D eigenvalue weighted by atomic mass is 10.1. The lowest BCUT2D eigenvalue weighted by Crippen LogP contribution is -2.34. The molecule has 102 valence electrons. The normalized spacial score (nSPS) is 33.7. The predicted molar refractivity (Wildman–Crippen MR) is 73.5 cm³/mol. The standard InChI is InChI=1S/C11H18N2O3S2/c1-4-7(2)10(14)12-11-13(3)8-5-18(15,16)6-9(8)17-11/h7-9H,4-6H2,1-3H3/t7-,8-,9-/m0/s1. The summed E-state index contributed by atoms with van der Waals surface area (Å²) < 4.78 is 23.1. The van der Waals surface area contributed by atoms with Crippen LogP contribution in [0.4, 0.5) is 0 Å².